The van der Waals surface area contributed by atoms with Crippen molar-refractivity contribution >= 4 is 6.79 Å². The minimum atomic E-state index is 0.206. The number of carbonyl (C=O) groups excluding carboxylic acids is 1. The van der Waals surface area contributed by atoms with Crippen molar-refractivity contribution in [2.24, 2.45) is 5.41 Å². The van der Waals surface area contributed by atoms with Gasteiger partial charge in [-0.15, -0.1) is 0 Å². The fourth-order valence-electron chi connectivity index (χ4n) is 3.53. The SMILES string of the molecule is C=C(NC)C1(c2cccc(C)c2)CC2(CC2)C1.C=O. The Hall–Kier alpha value is -1.57. The second-order valence-electron chi connectivity index (χ2n) is 6.03. The Labute approximate surface area is 115 Å². The van der Waals surface area contributed by atoms with E-state index in [0.717, 1.165) is 0 Å². The number of nitrogens with one attached hydrogen (secondary N) is 1. The third kappa shape index (κ3) is 2.20. The fraction of sp³-hybridized carbons (Fsp3) is 0.471. The minimum absolute atomic E-state index is 0.206. The van der Waals surface area contributed by atoms with Gasteiger partial charge in [0.1, 0.15) is 6.79 Å². The summed E-state index contributed by atoms with van der Waals surface area (Å²) >= 11 is 0. The first-order valence-electron chi connectivity index (χ1n) is 6.83. The lowest BCUT2D eigenvalue weighted by Crippen LogP contribution is -2.47. The van der Waals surface area contributed by atoms with Crippen LogP contribution in [0.2, 0.25) is 0 Å². The maximum absolute atomic E-state index is 8.00. The van der Waals surface area contributed by atoms with Crippen LogP contribution < -0.4 is 5.32 Å². The molecule has 19 heavy (non-hydrogen) atoms. The molecule has 0 radical (unpaired) electrons. The number of allylic oxidation sites excluding steroid dienone is 1. The predicted molar refractivity (Wildman–Crippen MR) is 79.1 cm³/mol. The quantitative estimate of drug-likeness (QED) is 0.899. The topological polar surface area (TPSA) is 29.1 Å². The zero-order valence-electron chi connectivity index (χ0n) is 12.0. The molecule has 2 heteroatoms. The molecule has 2 aliphatic rings. The molecule has 1 aromatic rings. The van der Waals surface area contributed by atoms with Crippen molar-refractivity contribution in [2.75, 3.05) is 7.05 Å². The maximum atomic E-state index is 8.00. The van der Waals surface area contributed by atoms with Gasteiger partial charge in [0, 0.05) is 18.2 Å². The number of rotatable bonds is 3. The van der Waals surface area contributed by atoms with Gasteiger partial charge in [0.15, 0.2) is 0 Å². The van der Waals surface area contributed by atoms with Crippen molar-refractivity contribution in [2.45, 2.75) is 38.0 Å². The second-order valence-corrected chi connectivity index (χ2v) is 6.03. The van der Waals surface area contributed by atoms with Gasteiger partial charge < -0.3 is 10.1 Å². The third-order valence-electron chi connectivity index (χ3n) is 4.76. The summed E-state index contributed by atoms with van der Waals surface area (Å²) in [6.45, 7) is 8.43. The lowest BCUT2D eigenvalue weighted by molar-refractivity contribution is -0.0979. The lowest BCUT2D eigenvalue weighted by atomic mass is 9.55. The van der Waals surface area contributed by atoms with E-state index in [1.54, 1.807) is 0 Å². The Morgan fingerprint density at radius 3 is 2.37 bits per heavy atom. The van der Waals surface area contributed by atoms with E-state index >= 15 is 0 Å². The molecule has 1 N–H and O–H groups in total. The van der Waals surface area contributed by atoms with E-state index in [1.165, 1.54) is 42.5 Å². The Bertz CT molecular complexity index is 480. The summed E-state index contributed by atoms with van der Waals surface area (Å²) in [6, 6.07) is 8.95. The molecule has 3 rings (SSSR count). The van der Waals surface area contributed by atoms with Gasteiger partial charge in [0.2, 0.25) is 0 Å². The van der Waals surface area contributed by atoms with Gasteiger partial charge in [-0.2, -0.15) is 0 Å². The third-order valence-corrected chi connectivity index (χ3v) is 4.76. The van der Waals surface area contributed by atoms with Crippen LogP contribution in [0.15, 0.2) is 36.5 Å². The van der Waals surface area contributed by atoms with E-state index in [2.05, 4.69) is 43.1 Å². The molecule has 2 saturated carbocycles. The number of benzene rings is 1. The summed E-state index contributed by atoms with van der Waals surface area (Å²) < 4.78 is 0. The smallest absolute Gasteiger partial charge is 0.106 e. The highest BCUT2D eigenvalue weighted by atomic mass is 16.1. The second kappa shape index (κ2) is 4.84. The van der Waals surface area contributed by atoms with Crippen LogP contribution in [-0.2, 0) is 10.2 Å². The highest BCUT2D eigenvalue weighted by Crippen LogP contribution is 2.70. The van der Waals surface area contributed by atoms with Crippen LogP contribution in [0.1, 0.15) is 36.8 Å². The molecule has 0 amide bonds. The van der Waals surface area contributed by atoms with Gasteiger partial charge in [-0.05, 0) is 43.6 Å². The molecule has 0 atom stereocenters. The van der Waals surface area contributed by atoms with Crippen molar-refractivity contribution in [3.8, 4) is 0 Å². The van der Waals surface area contributed by atoms with Crippen LogP contribution in [0.4, 0.5) is 0 Å². The molecule has 0 unspecified atom stereocenters. The number of aryl methyl sites for hydroxylation is 1. The molecular weight excluding hydrogens is 234 g/mol. The Morgan fingerprint density at radius 2 is 1.89 bits per heavy atom. The molecule has 1 aromatic carbocycles. The molecule has 0 aliphatic heterocycles. The van der Waals surface area contributed by atoms with Crippen LogP contribution >= 0.6 is 0 Å². The number of hydrogen-bond donors (Lipinski definition) is 1. The predicted octanol–water partition coefficient (Wildman–Crippen LogP) is 3.36. The number of hydrogen-bond acceptors (Lipinski definition) is 2. The van der Waals surface area contributed by atoms with Gasteiger partial charge in [0.05, 0.1) is 0 Å². The molecule has 2 aliphatic carbocycles. The normalized spacial score (nSPS) is 20.7. The summed E-state index contributed by atoms with van der Waals surface area (Å²) in [4.78, 5) is 8.00. The molecule has 1 spiro atoms. The molecule has 2 nitrogen and oxygen atoms in total. The summed E-state index contributed by atoms with van der Waals surface area (Å²) in [5.74, 6) is 0. The fourth-order valence-corrected chi connectivity index (χ4v) is 3.53. The number of likely N-dealkylation sites (N-methyl/N-ethyl adjacent to an activating group) is 1. The summed E-state index contributed by atoms with van der Waals surface area (Å²) in [5, 5.41) is 3.30. The highest BCUT2D eigenvalue weighted by Gasteiger charge is 2.62. The Kier molecular flexibility index (Phi) is 3.53. The van der Waals surface area contributed by atoms with Crippen LogP contribution in [0.25, 0.3) is 0 Å². The largest absolute Gasteiger partial charge is 0.391 e. The van der Waals surface area contributed by atoms with Crippen molar-refractivity contribution in [3.05, 3.63) is 47.7 Å². The average molecular weight is 257 g/mol. The monoisotopic (exact) mass is 257 g/mol. The Morgan fingerprint density at radius 1 is 1.26 bits per heavy atom. The minimum Gasteiger partial charge on any atom is -0.391 e. The summed E-state index contributed by atoms with van der Waals surface area (Å²) in [7, 11) is 2.00. The van der Waals surface area contributed by atoms with Crippen LogP contribution in [-0.4, -0.2) is 13.8 Å². The molecule has 0 aromatic heterocycles. The van der Waals surface area contributed by atoms with Crippen LogP contribution in [0.3, 0.4) is 0 Å². The molecule has 0 saturated heterocycles. The molecule has 0 bridgehead atoms. The first-order chi connectivity index (χ1) is 9.10. The molecule has 102 valence electrons. The van der Waals surface area contributed by atoms with Crippen molar-refractivity contribution in [1.82, 2.24) is 5.32 Å². The summed E-state index contributed by atoms with van der Waals surface area (Å²) in [5.41, 5.74) is 4.89. The molecule has 2 fully saturated rings. The first-order valence-corrected chi connectivity index (χ1v) is 6.83. The Balaban J connectivity index is 0.000000637. The average Bonchev–Trinajstić information content (AvgIpc) is 3.18. The van der Waals surface area contributed by atoms with Crippen LogP contribution in [0.5, 0.6) is 0 Å². The van der Waals surface area contributed by atoms with Crippen LogP contribution in [0, 0.1) is 12.3 Å². The van der Waals surface area contributed by atoms with Crippen molar-refractivity contribution in [3.63, 3.8) is 0 Å². The lowest BCUT2D eigenvalue weighted by Gasteiger charge is -2.50. The number of carbonyl (C=O) groups is 1. The maximum Gasteiger partial charge on any atom is 0.106 e. The highest BCUT2D eigenvalue weighted by molar-refractivity contribution is 5.42. The van der Waals surface area contributed by atoms with Gasteiger partial charge in [-0.25, -0.2) is 0 Å². The first kappa shape index (κ1) is 13.9. The van der Waals surface area contributed by atoms with E-state index < -0.39 is 0 Å². The van der Waals surface area contributed by atoms with E-state index in [9.17, 15) is 0 Å². The van der Waals surface area contributed by atoms with Gasteiger partial charge >= 0.3 is 0 Å². The molecular formula is C17H23NO. The van der Waals surface area contributed by atoms with Crippen molar-refractivity contribution < 1.29 is 4.79 Å². The zero-order valence-corrected chi connectivity index (χ0v) is 12.0. The van der Waals surface area contributed by atoms with E-state index in [4.69, 9.17) is 4.79 Å². The van der Waals surface area contributed by atoms with Gasteiger partial charge in [-0.1, -0.05) is 36.4 Å². The molecule has 0 heterocycles. The standard InChI is InChI=1S/C16H21N.CH2O/c1-12-5-4-6-14(9-12)16(13(2)17-3)10-15(11-16)7-8-15;1-2/h4-6,9,17H,2,7-8,10-11H2,1,3H3;1H2. The van der Waals surface area contributed by atoms with Gasteiger partial charge in [-0.3, -0.25) is 0 Å². The van der Waals surface area contributed by atoms with Gasteiger partial charge in [0.25, 0.3) is 0 Å². The van der Waals surface area contributed by atoms with E-state index in [1.807, 2.05) is 13.8 Å². The van der Waals surface area contributed by atoms with Crippen molar-refractivity contribution in [1.29, 1.82) is 0 Å². The zero-order chi connectivity index (χ0) is 14.1. The van der Waals surface area contributed by atoms with E-state index in [-0.39, 0.29) is 5.41 Å². The summed E-state index contributed by atoms with van der Waals surface area (Å²) in [6.07, 6.45) is 5.45. The van der Waals surface area contributed by atoms with E-state index in [0.29, 0.717) is 5.41 Å².